The highest BCUT2D eigenvalue weighted by Gasteiger charge is 2.20. The lowest BCUT2D eigenvalue weighted by molar-refractivity contribution is 0.0597. The minimum Gasteiger partial charge on any atom is -0.480 e. The van der Waals surface area contributed by atoms with E-state index in [0.717, 1.165) is 16.6 Å². The zero-order valence-electron chi connectivity index (χ0n) is 11.9. The fourth-order valence-electron chi connectivity index (χ4n) is 2.25. The summed E-state index contributed by atoms with van der Waals surface area (Å²) in [6, 6.07) is 7.16. The number of hydrogen-bond acceptors (Lipinski definition) is 5. The number of esters is 1. The van der Waals surface area contributed by atoms with Gasteiger partial charge in [0.15, 0.2) is 0 Å². The number of halogens is 1. The van der Waals surface area contributed by atoms with Crippen LogP contribution in [0.15, 0.2) is 36.7 Å². The summed E-state index contributed by atoms with van der Waals surface area (Å²) < 4.78 is 11.6. The number of ether oxygens (including phenoxy) is 2. The largest absolute Gasteiger partial charge is 0.480 e. The van der Waals surface area contributed by atoms with Crippen molar-refractivity contribution in [3.63, 3.8) is 0 Å². The first-order chi connectivity index (χ1) is 10.7. The molecule has 3 rings (SSSR count). The predicted octanol–water partition coefficient (Wildman–Crippen LogP) is 2.87. The monoisotopic (exact) mass is 317 g/mol. The quantitative estimate of drug-likeness (QED) is 0.695. The Labute approximate surface area is 131 Å². The number of fused-ring (bicyclic) bond motifs is 1. The zero-order valence-corrected chi connectivity index (χ0v) is 12.7. The summed E-state index contributed by atoms with van der Waals surface area (Å²) in [5.41, 5.74) is 1.71. The van der Waals surface area contributed by atoms with Crippen molar-refractivity contribution in [3.05, 3.63) is 47.2 Å². The van der Waals surface area contributed by atoms with Crippen LogP contribution in [0.5, 0.6) is 5.88 Å². The van der Waals surface area contributed by atoms with E-state index >= 15 is 0 Å². The highest BCUT2D eigenvalue weighted by Crippen LogP contribution is 2.28. The molecule has 0 aliphatic rings. The summed E-state index contributed by atoms with van der Waals surface area (Å²) in [4.78, 5) is 16.0. The Morgan fingerprint density at radius 3 is 2.82 bits per heavy atom. The fourth-order valence-corrected chi connectivity index (χ4v) is 2.41. The second-order valence-electron chi connectivity index (χ2n) is 4.46. The smallest absolute Gasteiger partial charge is 0.345 e. The van der Waals surface area contributed by atoms with Gasteiger partial charge in [0.2, 0.25) is 5.88 Å². The van der Waals surface area contributed by atoms with Gasteiger partial charge in [0.05, 0.1) is 31.6 Å². The Hall–Kier alpha value is -2.60. The van der Waals surface area contributed by atoms with E-state index in [-0.39, 0.29) is 5.56 Å². The lowest BCUT2D eigenvalue weighted by Gasteiger charge is -2.10. The molecule has 0 saturated heterocycles. The van der Waals surface area contributed by atoms with Gasteiger partial charge in [0.1, 0.15) is 5.56 Å². The van der Waals surface area contributed by atoms with Crippen molar-refractivity contribution < 1.29 is 14.3 Å². The van der Waals surface area contributed by atoms with E-state index in [1.165, 1.54) is 25.1 Å². The lowest BCUT2D eigenvalue weighted by Crippen LogP contribution is -2.05. The number of carbonyl (C=O) groups is 1. The van der Waals surface area contributed by atoms with E-state index in [0.29, 0.717) is 10.9 Å². The number of rotatable bonds is 3. The van der Waals surface area contributed by atoms with Crippen LogP contribution in [-0.4, -0.2) is 35.0 Å². The van der Waals surface area contributed by atoms with Crippen LogP contribution in [0.4, 0.5) is 0 Å². The Morgan fingerprint density at radius 1 is 1.27 bits per heavy atom. The maximum atomic E-state index is 11.8. The van der Waals surface area contributed by atoms with E-state index in [4.69, 9.17) is 21.1 Å². The normalized spacial score (nSPS) is 10.7. The topological polar surface area (TPSA) is 66.2 Å². The van der Waals surface area contributed by atoms with Crippen LogP contribution in [0.2, 0.25) is 5.02 Å². The highest BCUT2D eigenvalue weighted by atomic mass is 35.5. The third kappa shape index (κ3) is 2.27. The summed E-state index contributed by atoms with van der Waals surface area (Å²) in [7, 11) is 2.78. The molecule has 0 aliphatic carbocycles. The molecule has 22 heavy (non-hydrogen) atoms. The molecule has 112 valence electrons. The van der Waals surface area contributed by atoms with Crippen molar-refractivity contribution >= 4 is 28.5 Å². The maximum absolute atomic E-state index is 11.8. The fraction of sp³-hybridized carbons (Fsp3) is 0.133. The molecule has 0 saturated carbocycles. The van der Waals surface area contributed by atoms with E-state index in [2.05, 4.69) is 10.1 Å². The average molecular weight is 318 g/mol. The first-order valence-corrected chi connectivity index (χ1v) is 6.78. The van der Waals surface area contributed by atoms with Crippen molar-refractivity contribution in [1.82, 2.24) is 14.8 Å². The Balaban J connectivity index is 2.24. The molecule has 0 spiro atoms. The summed E-state index contributed by atoms with van der Waals surface area (Å²) in [6.07, 6.45) is 3.06. The van der Waals surface area contributed by atoms with Gasteiger partial charge < -0.3 is 9.47 Å². The average Bonchev–Trinajstić information content (AvgIpc) is 2.96. The van der Waals surface area contributed by atoms with Gasteiger partial charge in [-0.3, -0.25) is 4.98 Å². The van der Waals surface area contributed by atoms with Crippen molar-refractivity contribution in [2.45, 2.75) is 0 Å². The van der Waals surface area contributed by atoms with Crippen LogP contribution in [0.1, 0.15) is 10.4 Å². The highest BCUT2D eigenvalue weighted by molar-refractivity contribution is 6.31. The molecule has 2 heterocycles. The van der Waals surface area contributed by atoms with Crippen molar-refractivity contribution in [2.24, 2.45) is 0 Å². The third-order valence-corrected chi connectivity index (χ3v) is 3.47. The molecule has 0 unspecified atom stereocenters. The standard InChI is InChI=1S/C15H12ClN3O3/c1-21-14-11(15(20)22-2)8-18-19(14)13-5-6-17-12-7-9(16)3-4-10(12)13/h3-8H,1-2H3. The van der Waals surface area contributed by atoms with Crippen LogP contribution in [0.25, 0.3) is 16.6 Å². The van der Waals surface area contributed by atoms with Crippen LogP contribution in [-0.2, 0) is 4.74 Å². The van der Waals surface area contributed by atoms with Crippen molar-refractivity contribution in [2.75, 3.05) is 14.2 Å². The number of hydrogen-bond donors (Lipinski definition) is 0. The van der Waals surface area contributed by atoms with Gasteiger partial charge in [-0.05, 0) is 24.3 Å². The van der Waals surface area contributed by atoms with Crippen LogP contribution in [0, 0.1) is 0 Å². The van der Waals surface area contributed by atoms with Gasteiger partial charge in [-0.1, -0.05) is 11.6 Å². The first-order valence-electron chi connectivity index (χ1n) is 6.40. The number of nitrogens with zero attached hydrogens (tertiary/aromatic N) is 3. The SMILES string of the molecule is COC(=O)c1cnn(-c2ccnc3cc(Cl)ccc23)c1OC. The van der Waals surface area contributed by atoms with Crippen LogP contribution >= 0.6 is 11.6 Å². The predicted molar refractivity (Wildman–Crippen MR) is 81.8 cm³/mol. The number of benzene rings is 1. The number of methoxy groups -OCH3 is 2. The molecule has 0 fully saturated rings. The number of aromatic nitrogens is 3. The minimum absolute atomic E-state index is 0.254. The van der Waals surface area contributed by atoms with Gasteiger partial charge in [-0.25, -0.2) is 4.79 Å². The maximum Gasteiger partial charge on any atom is 0.345 e. The van der Waals surface area contributed by atoms with Gasteiger partial charge in [-0.15, -0.1) is 0 Å². The number of carbonyl (C=O) groups excluding carboxylic acids is 1. The van der Waals surface area contributed by atoms with Gasteiger partial charge in [0.25, 0.3) is 0 Å². The molecule has 0 radical (unpaired) electrons. The molecule has 7 heteroatoms. The molecule has 3 aromatic rings. The Bertz CT molecular complexity index is 860. The molecule has 0 amide bonds. The van der Waals surface area contributed by atoms with Crippen LogP contribution < -0.4 is 4.74 Å². The molecule has 6 nitrogen and oxygen atoms in total. The van der Waals surface area contributed by atoms with Crippen molar-refractivity contribution in [3.8, 4) is 11.6 Å². The molecule has 0 aliphatic heterocycles. The van der Waals surface area contributed by atoms with E-state index < -0.39 is 5.97 Å². The van der Waals surface area contributed by atoms with E-state index in [9.17, 15) is 4.79 Å². The molecular formula is C15H12ClN3O3. The summed E-state index contributed by atoms with van der Waals surface area (Å²) in [5, 5.41) is 5.66. The molecule has 0 N–H and O–H groups in total. The lowest BCUT2D eigenvalue weighted by atomic mass is 10.2. The molecular weight excluding hydrogens is 306 g/mol. The Kier molecular flexibility index (Phi) is 3.68. The number of pyridine rings is 1. The minimum atomic E-state index is -0.510. The van der Waals surface area contributed by atoms with Crippen LogP contribution in [0.3, 0.4) is 0 Å². The second-order valence-corrected chi connectivity index (χ2v) is 4.90. The van der Waals surface area contributed by atoms with E-state index in [1.807, 2.05) is 6.07 Å². The summed E-state index contributed by atoms with van der Waals surface area (Å²) in [5.74, 6) is -0.209. The van der Waals surface area contributed by atoms with Gasteiger partial charge in [0, 0.05) is 16.6 Å². The Morgan fingerprint density at radius 2 is 2.09 bits per heavy atom. The molecule has 2 aromatic heterocycles. The van der Waals surface area contributed by atoms with Gasteiger partial charge >= 0.3 is 5.97 Å². The van der Waals surface area contributed by atoms with Crippen molar-refractivity contribution in [1.29, 1.82) is 0 Å². The summed E-state index contributed by atoms with van der Waals surface area (Å²) in [6.45, 7) is 0. The van der Waals surface area contributed by atoms with E-state index in [1.54, 1.807) is 24.4 Å². The first kappa shape index (κ1) is 14.3. The third-order valence-electron chi connectivity index (χ3n) is 3.23. The summed E-state index contributed by atoms with van der Waals surface area (Å²) >= 11 is 5.99. The second kappa shape index (κ2) is 5.65. The zero-order chi connectivity index (χ0) is 15.7. The molecule has 1 aromatic carbocycles. The molecule has 0 atom stereocenters. The molecule has 0 bridgehead atoms. The van der Waals surface area contributed by atoms with Gasteiger partial charge in [-0.2, -0.15) is 9.78 Å².